The third-order valence-corrected chi connectivity index (χ3v) is 5.68. The fourth-order valence-electron chi connectivity index (χ4n) is 3.41. The van der Waals surface area contributed by atoms with E-state index in [9.17, 15) is 48.6 Å². The first-order chi connectivity index (χ1) is 20.2. The summed E-state index contributed by atoms with van der Waals surface area (Å²) in [7, 11) is 0. The average Bonchev–Trinajstić information content (AvgIpc) is 2.95. The zero-order chi connectivity index (χ0) is 32.5. The van der Waals surface area contributed by atoms with Crippen molar-refractivity contribution in [2.24, 2.45) is 17.2 Å². The number of rotatable bonds is 19. The Labute approximate surface area is 245 Å². The molecular weight excluding hydrogens is 572 g/mol. The Bertz CT molecular complexity index is 1180. The van der Waals surface area contributed by atoms with E-state index in [4.69, 9.17) is 17.2 Å². The number of carbonyl (C=O) groups excluding carboxylic acids is 7. The maximum atomic E-state index is 12.8. The summed E-state index contributed by atoms with van der Waals surface area (Å²) in [5.74, 6) is -7.70. The molecule has 0 spiro atoms. The minimum atomic E-state index is -1.65. The molecule has 0 saturated heterocycles. The highest BCUT2D eigenvalue weighted by Gasteiger charge is 2.30. The molecule has 13 N–H and O–H groups in total. The van der Waals surface area contributed by atoms with Crippen molar-refractivity contribution in [1.29, 1.82) is 0 Å². The van der Waals surface area contributed by atoms with E-state index in [1.807, 2.05) is 0 Å². The van der Waals surface area contributed by atoms with Crippen LogP contribution in [0, 0.1) is 0 Å². The molecule has 0 aliphatic rings. The summed E-state index contributed by atoms with van der Waals surface area (Å²) >= 11 is 0. The molecule has 7 amide bonds. The van der Waals surface area contributed by atoms with Crippen molar-refractivity contribution in [3.05, 3.63) is 35.9 Å². The van der Waals surface area contributed by atoms with Crippen molar-refractivity contribution < 1.29 is 48.6 Å². The Kier molecular flexibility index (Phi) is 15.3. The molecule has 0 aliphatic heterocycles. The van der Waals surface area contributed by atoms with Gasteiger partial charge in [-0.15, -0.1) is 0 Å². The molecule has 18 nitrogen and oxygen atoms in total. The minimum absolute atomic E-state index is 0.0361. The Balaban J connectivity index is 2.68. The lowest BCUT2D eigenvalue weighted by atomic mass is 10.0. The molecule has 236 valence electrons. The predicted octanol–water partition coefficient (Wildman–Crippen LogP) is -5.54. The summed E-state index contributed by atoms with van der Waals surface area (Å²) < 4.78 is 0. The van der Waals surface area contributed by atoms with Gasteiger partial charge in [0.2, 0.25) is 41.4 Å². The molecule has 0 heterocycles. The van der Waals surface area contributed by atoms with Gasteiger partial charge in [-0.2, -0.15) is 0 Å². The molecule has 0 bridgehead atoms. The second kappa shape index (κ2) is 18.4. The number of carboxylic acids is 1. The number of hydrogen-bond donors (Lipinski definition) is 10. The second-order valence-corrected chi connectivity index (χ2v) is 9.23. The van der Waals surface area contributed by atoms with E-state index < -0.39 is 97.6 Å². The van der Waals surface area contributed by atoms with Gasteiger partial charge in [-0.1, -0.05) is 30.3 Å². The standard InChI is InChI=1S/C25H36N8O10/c26-14(6-7-18(27)35)22(39)30-10-20(37)29-11-21(38)31-17(12-34)24(41)32-15(9-19(28)36)23(40)33-16(25(42)43)8-13-4-2-1-3-5-13/h1-5,14-17,34H,6-12,26H2,(H2,27,35)(H2,28,36)(H,29,37)(H,30,39)(H,31,38)(H,32,41)(H,33,40)(H,42,43)/t14-,15-,16-,17-/m0/s1. The molecule has 0 fully saturated rings. The summed E-state index contributed by atoms with van der Waals surface area (Å²) in [5, 5.41) is 30.0. The Morgan fingerprint density at radius 2 is 1.30 bits per heavy atom. The van der Waals surface area contributed by atoms with Gasteiger partial charge in [-0.25, -0.2) is 4.79 Å². The zero-order valence-electron chi connectivity index (χ0n) is 23.0. The fourth-order valence-corrected chi connectivity index (χ4v) is 3.41. The summed E-state index contributed by atoms with van der Waals surface area (Å²) in [6.07, 6.45) is -1.00. The molecule has 4 atom stereocenters. The Morgan fingerprint density at radius 1 is 0.721 bits per heavy atom. The van der Waals surface area contributed by atoms with E-state index in [2.05, 4.69) is 26.6 Å². The highest BCUT2D eigenvalue weighted by Crippen LogP contribution is 2.05. The van der Waals surface area contributed by atoms with Gasteiger partial charge in [0, 0.05) is 12.8 Å². The number of aliphatic hydroxyl groups excluding tert-OH is 1. The lowest BCUT2D eigenvalue weighted by Gasteiger charge is -2.23. The molecule has 0 unspecified atom stereocenters. The van der Waals surface area contributed by atoms with Crippen LogP contribution in [0.3, 0.4) is 0 Å². The van der Waals surface area contributed by atoms with Gasteiger partial charge in [0.15, 0.2) is 0 Å². The average molecular weight is 609 g/mol. The number of aliphatic hydroxyl groups is 1. The summed E-state index contributed by atoms with van der Waals surface area (Å²) in [6.45, 7) is -2.20. The largest absolute Gasteiger partial charge is 0.480 e. The molecule has 1 aromatic carbocycles. The predicted molar refractivity (Wildman–Crippen MR) is 147 cm³/mol. The first-order valence-corrected chi connectivity index (χ1v) is 12.9. The van der Waals surface area contributed by atoms with Gasteiger partial charge in [0.1, 0.15) is 18.1 Å². The second-order valence-electron chi connectivity index (χ2n) is 9.23. The maximum absolute atomic E-state index is 12.8. The van der Waals surface area contributed by atoms with Crippen LogP contribution in [0.4, 0.5) is 0 Å². The van der Waals surface area contributed by atoms with Crippen molar-refractivity contribution in [2.45, 2.75) is 49.9 Å². The summed E-state index contributed by atoms with van der Waals surface area (Å²) in [5.41, 5.74) is 16.3. The van der Waals surface area contributed by atoms with Crippen LogP contribution in [-0.2, 0) is 44.8 Å². The number of nitrogens with one attached hydrogen (secondary N) is 5. The number of amides is 7. The summed E-state index contributed by atoms with van der Waals surface area (Å²) in [4.78, 5) is 95.4. The zero-order valence-corrected chi connectivity index (χ0v) is 23.0. The fraction of sp³-hybridized carbons (Fsp3) is 0.440. The van der Waals surface area contributed by atoms with Crippen molar-refractivity contribution >= 4 is 47.3 Å². The monoisotopic (exact) mass is 608 g/mol. The van der Waals surface area contributed by atoms with Gasteiger partial charge in [0.05, 0.1) is 32.2 Å². The smallest absolute Gasteiger partial charge is 0.326 e. The molecule has 1 rings (SSSR count). The van der Waals surface area contributed by atoms with Crippen molar-refractivity contribution in [3.8, 4) is 0 Å². The van der Waals surface area contributed by atoms with Crippen LogP contribution < -0.4 is 43.8 Å². The van der Waals surface area contributed by atoms with Gasteiger partial charge in [-0.05, 0) is 12.0 Å². The quantitative estimate of drug-likeness (QED) is 0.0706. The van der Waals surface area contributed by atoms with E-state index in [-0.39, 0.29) is 19.3 Å². The Hall–Kier alpha value is -5.10. The molecule has 0 aliphatic carbocycles. The van der Waals surface area contributed by atoms with Crippen molar-refractivity contribution in [1.82, 2.24) is 26.6 Å². The highest BCUT2D eigenvalue weighted by molar-refractivity contribution is 5.96. The lowest BCUT2D eigenvalue weighted by Crippen LogP contribution is -2.58. The maximum Gasteiger partial charge on any atom is 0.326 e. The van der Waals surface area contributed by atoms with E-state index in [0.717, 1.165) is 0 Å². The first-order valence-electron chi connectivity index (χ1n) is 12.9. The van der Waals surface area contributed by atoms with Crippen LogP contribution in [-0.4, -0.2) is 101 Å². The van der Waals surface area contributed by atoms with E-state index in [1.54, 1.807) is 30.3 Å². The number of benzene rings is 1. The van der Waals surface area contributed by atoms with Crippen LogP contribution in [0.25, 0.3) is 0 Å². The summed E-state index contributed by atoms with van der Waals surface area (Å²) in [6, 6.07) is 2.54. The van der Waals surface area contributed by atoms with Crippen LogP contribution in [0.1, 0.15) is 24.8 Å². The Morgan fingerprint density at radius 3 is 1.86 bits per heavy atom. The molecule has 0 radical (unpaired) electrons. The van der Waals surface area contributed by atoms with Crippen LogP contribution in [0.5, 0.6) is 0 Å². The van der Waals surface area contributed by atoms with Gasteiger partial charge < -0.3 is 54.0 Å². The number of hydrogen-bond acceptors (Lipinski definition) is 10. The topological polar surface area (TPSA) is 315 Å². The third-order valence-electron chi connectivity index (χ3n) is 5.68. The normalized spacial score (nSPS) is 13.3. The minimum Gasteiger partial charge on any atom is -0.480 e. The van der Waals surface area contributed by atoms with Gasteiger partial charge in [-0.3, -0.25) is 33.6 Å². The van der Waals surface area contributed by atoms with Crippen LogP contribution in [0.15, 0.2) is 30.3 Å². The molecule has 43 heavy (non-hydrogen) atoms. The van der Waals surface area contributed by atoms with Gasteiger partial charge in [0.25, 0.3) is 0 Å². The molecule has 0 aromatic heterocycles. The molecule has 18 heteroatoms. The van der Waals surface area contributed by atoms with E-state index in [0.29, 0.717) is 5.56 Å². The van der Waals surface area contributed by atoms with Gasteiger partial charge >= 0.3 is 5.97 Å². The number of aliphatic carboxylic acids is 1. The number of nitrogens with two attached hydrogens (primary N) is 3. The van der Waals surface area contributed by atoms with Crippen molar-refractivity contribution in [3.63, 3.8) is 0 Å². The molecule has 1 aromatic rings. The third kappa shape index (κ3) is 14.4. The van der Waals surface area contributed by atoms with E-state index in [1.165, 1.54) is 0 Å². The number of carbonyl (C=O) groups is 8. The van der Waals surface area contributed by atoms with Crippen LogP contribution >= 0.6 is 0 Å². The molecular formula is C25H36N8O10. The van der Waals surface area contributed by atoms with Crippen LogP contribution in [0.2, 0.25) is 0 Å². The number of carboxylic acid groups (broad SMARTS) is 1. The number of primary amides is 2. The highest BCUT2D eigenvalue weighted by atomic mass is 16.4. The lowest BCUT2D eigenvalue weighted by molar-refractivity contribution is -0.142. The first kappa shape index (κ1) is 35.9. The van der Waals surface area contributed by atoms with E-state index >= 15 is 0 Å². The molecule has 0 saturated carbocycles. The van der Waals surface area contributed by atoms with Crippen molar-refractivity contribution in [2.75, 3.05) is 19.7 Å². The SMILES string of the molecule is NC(=O)CC[C@H](N)C(=O)NCC(=O)NCC(=O)N[C@@H](CO)C(=O)N[C@@H](CC(N)=O)C(=O)N[C@@H](Cc1ccccc1)C(=O)O.